The van der Waals surface area contributed by atoms with Crippen LogP contribution in [0.25, 0.3) is 10.9 Å². The van der Waals surface area contributed by atoms with Gasteiger partial charge >= 0.3 is 0 Å². The van der Waals surface area contributed by atoms with Crippen LogP contribution in [0.3, 0.4) is 0 Å². The third kappa shape index (κ3) is 2.55. The molecule has 2 aromatic carbocycles. The fourth-order valence-electron chi connectivity index (χ4n) is 2.79. The first-order chi connectivity index (χ1) is 10.3. The monoisotopic (exact) mass is 277 g/mol. The summed E-state index contributed by atoms with van der Waals surface area (Å²) in [5.74, 6) is 5.60. The molecule has 3 N–H and O–H groups in total. The van der Waals surface area contributed by atoms with Crippen molar-refractivity contribution in [3.8, 4) is 0 Å². The van der Waals surface area contributed by atoms with Gasteiger partial charge in [-0.15, -0.1) is 0 Å². The average molecular weight is 277 g/mol. The van der Waals surface area contributed by atoms with Crippen molar-refractivity contribution in [2.45, 2.75) is 19.8 Å². The quantitative estimate of drug-likeness (QED) is 0.425. The van der Waals surface area contributed by atoms with Crippen LogP contribution in [0.2, 0.25) is 0 Å². The summed E-state index contributed by atoms with van der Waals surface area (Å²) in [6, 6.07) is 18.8. The molecular weight excluding hydrogens is 258 g/mol. The van der Waals surface area contributed by atoms with Gasteiger partial charge in [0.15, 0.2) is 0 Å². The van der Waals surface area contributed by atoms with Crippen LogP contribution in [0.4, 0.5) is 0 Å². The fourth-order valence-corrected chi connectivity index (χ4v) is 2.79. The lowest BCUT2D eigenvalue weighted by atomic mass is 10.00. The third-order valence-corrected chi connectivity index (χ3v) is 3.79. The smallest absolute Gasteiger partial charge is 0.0694 e. The number of para-hydroxylation sites is 1. The number of rotatable bonds is 4. The first-order valence-corrected chi connectivity index (χ1v) is 7.24. The van der Waals surface area contributed by atoms with Gasteiger partial charge < -0.3 is 10.8 Å². The van der Waals surface area contributed by atoms with Gasteiger partial charge in [0.1, 0.15) is 0 Å². The fraction of sp³-hybridized carbons (Fsp3) is 0.167. The molecule has 0 saturated carbocycles. The Kier molecular flexibility index (Phi) is 3.73. The van der Waals surface area contributed by atoms with Gasteiger partial charge in [0.2, 0.25) is 0 Å². The molecule has 0 aliphatic heterocycles. The zero-order valence-corrected chi connectivity index (χ0v) is 12.1. The second kappa shape index (κ2) is 5.83. The molecular formula is C18H19N3. The highest BCUT2D eigenvalue weighted by Gasteiger charge is 2.15. The molecule has 0 spiro atoms. The van der Waals surface area contributed by atoms with Crippen LogP contribution in [0, 0.1) is 0 Å². The maximum absolute atomic E-state index is 5.60. The van der Waals surface area contributed by atoms with Crippen LogP contribution < -0.4 is 5.84 Å². The number of benzene rings is 2. The standard InChI is InChI=1S/C18H19N3/c1-2-15(21-19)18-14-10-6-7-11-16(14)20-17(18)12-13-8-4-3-5-9-13/h3-11,20H,2,12,19H2,1H3. The van der Waals surface area contributed by atoms with Crippen molar-refractivity contribution in [3.05, 3.63) is 71.4 Å². The molecule has 3 nitrogen and oxygen atoms in total. The second-order valence-corrected chi connectivity index (χ2v) is 5.12. The molecule has 1 aromatic heterocycles. The van der Waals surface area contributed by atoms with Gasteiger partial charge in [-0.05, 0) is 18.1 Å². The minimum Gasteiger partial charge on any atom is -0.358 e. The number of fused-ring (bicyclic) bond motifs is 1. The molecule has 0 bridgehead atoms. The van der Waals surface area contributed by atoms with Gasteiger partial charge in [-0.1, -0.05) is 55.5 Å². The lowest BCUT2D eigenvalue weighted by Gasteiger charge is -2.06. The number of nitrogens with two attached hydrogens (primary N) is 1. The van der Waals surface area contributed by atoms with E-state index in [2.05, 4.69) is 59.5 Å². The summed E-state index contributed by atoms with van der Waals surface area (Å²) in [7, 11) is 0. The molecule has 3 aromatic rings. The van der Waals surface area contributed by atoms with E-state index in [9.17, 15) is 0 Å². The Labute approximate surface area is 124 Å². The Balaban J connectivity index is 2.15. The molecule has 0 unspecified atom stereocenters. The number of hydrogen-bond donors (Lipinski definition) is 2. The van der Waals surface area contributed by atoms with Gasteiger partial charge in [-0.25, -0.2) is 0 Å². The summed E-state index contributed by atoms with van der Waals surface area (Å²) < 4.78 is 0. The average Bonchev–Trinajstić information content (AvgIpc) is 2.88. The zero-order valence-electron chi connectivity index (χ0n) is 12.1. The lowest BCUT2D eigenvalue weighted by Crippen LogP contribution is -2.06. The Morgan fingerprint density at radius 1 is 1.05 bits per heavy atom. The van der Waals surface area contributed by atoms with Gasteiger partial charge in [-0.2, -0.15) is 5.10 Å². The molecule has 1 heterocycles. The van der Waals surface area contributed by atoms with Crippen LogP contribution in [0.5, 0.6) is 0 Å². The summed E-state index contributed by atoms with van der Waals surface area (Å²) in [4.78, 5) is 3.53. The number of nitrogens with zero attached hydrogens (tertiary/aromatic N) is 1. The molecule has 0 aliphatic rings. The summed E-state index contributed by atoms with van der Waals surface area (Å²) in [5, 5.41) is 5.19. The van der Waals surface area contributed by atoms with Gasteiger partial charge in [-0.3, -0.25) is 0 Å². The minimum absolute atomic E-state index is 0.820. The lowest BCUT2D eigenvalue weighted by molar-refractivity contribution is 1.10. The van der Waals surface area contributed by atoms with Gasteiger partial charge in [0.25, 0.3) is 0 Å². The summed E-state index contributed by atoms with van der Waals surface area (Å²) in [5.41, 5.74) is 5.68. The maximum atomic E-state index is 5.60. The van der Waals surface area contributed by atoms with Crippen LogP contribution >= 0.6 is 0 Å². The molecule has 0 amide bonds. The van der Waals surface area contributed by atoms with E-state index >= 15 is 0 Å². The largest absolute Gasteiger partial charge is 0.358 e. The first-order valence-electron chi connectivity index (χ1n) is 7.24. The highest BCUT2D eigenvalue weighted by molar-refractivity contribution is 6.11. The molecule has 0 aliphatic carbocycles. The molecule has 3 rings (SSSR count). The molecule has 21 heavy (non-hydrogen) atoms. The van der Waals surface area contributed by atoms with E-state index < -0.39 is 0 Å². The van der Waals surface area contributed by atoms with Crippen molar-refractivity contribution in [2.75, 3.05) is 0 Å². The highest BCUT2D eigenvalue weighted by Crippen LogP contribution is 2.26. The van der Waals surface area contributed by atoms with Crippen molar-refractivity contribution in [1.82, 2.24) is 4.98 Å². The summed E-state index contributed by atoms with van der Waals surface area (Å²) >= 11 is 0. The molecule has 0 atom stereocenters. The van der Waals surface area contributed by atoms with E-state index in [0.29, 0.717) is 0 Å². The van der Waals surface area contributed by atoms with Gasteiger partial charge in [0.05, 0.1) is 5.71 Å². The number of aromatic nitrogens is 1. The molecule has 3 heteroatoms. The number of hydrazone groups is 1. The number of hydrogen-bond acceptors (Lipinski definition) is 2. The van der Waals surface area contributed by atoms with E-state index in [-0.39, 0.29) is 0 Å². The Bertz CT molecular complexity index is 770. The Morgan fingerprint density at radius 3 is 2.48 bits per heavy atom. The van der Waals surface area contributed by atoms with Crippen molar-refractivity contribution >= 4 is 16.6 Å². The molecule has 0 saturated heterocycles. The topological polar surface area (TPSA) is 54.2 Å². The first kappa shape index (κ1) is 13.4. The van der Waals surface area contributed by atoms with Crippen molar-refractivity contribution < 1.29 is 0 Å². The van der Waals surface area contributed by atoms with E-state index in [4.69, 9.17) is 5.84 Å². The number of aromatic amines is 1. The van der Waals surface area contributed by atoms with Crippen LogP contribution in [-0.2, 0) is 6.42 Å². The van der Waals surface area contributed by atoms with E-state index in [1.165, 1.54) is 16.6 Å². The van der Waals surface area contributed by atoms with E-state index in [0.717, 1.165) is 29.6 Å². The van der Waals surface area contributed by atoms with Crippen molar-refractivity contribution in [3.63, 3.8) is 0 Å². The van der Waals surface area contributed by atoms with Crippen LogP contribution in [0.15, 0.2) is 59.7 Å². The second-order valence-electron chi connectivity index (χ2n) is 5.12. The molecule has 0 fully saturated rings. The minimum atomic E-state index is 0.820. The van der Waals surface area contributed by atoms with Crippen molar-refractivity contribution in [1.29, 1.82) is 0 Å². The van der Waals surface area contributed by atoms with Crippen molar-refractivity contribution in [2.24, 2.45) is 10.9 Å². The zero-order chi connectivity index (χ0) is 14.7. The van der Waals surface area contributed by atoms with Crippen LogP contribution in [-0.4, -0.2) is 10.7 Å². The SMILES string of the molecule is CCC(=NN)c1c(Cc2ccccc2)[nH]c2ccccc12. The summed E-state index contributed by atoms with van der Waals surface area (Å²) in [6.07, 6.45) is 1.67. The highest BCUT2D eigenvalue weighted by atomic mass is 15.1. The summed E-state index contributed by atoms with van der Waals surface area (Å²) in [6.45, 7) is 2.08. The maximum Gasteiger partial charge on any atom is 0.0694 e. The van der Waals surface area contributed by atoms with E-state index in [1.54, 1.807) is 0 Å². The predicted molar refractivity (Wildman–Crippen MR) is 88.6 cm³/mol. The van der Waals surface area contributed by atoms with Crippen LogP contribution in [0.1, 0.15) is 30.2 Å². The Hall–Kier alpha value is -2.55. The van der Waals surface area contributed by atoms with E-state index in [1.807, 2.05) is 12.1 Å². The Morgan fingerprint density at radius 2 is 1.76 bits per heavy atom. The number of H-pyrrole nitrogens is 1. The predicted octanol–water partition coefficient (Wildman–Crippen LogP) is 3.83. The normalized spacial score (nSPS) is 12.0. The number of nitrogens with one attached hydrogen (secondary N) is 1. The third-order valence-electron chi connectivity index (χ3n) is 3.79. The van der Waals surface area contributed by atoms with Gasteiger partial charge in [0, 0.05) is 28.6 Å². The molecule has 0 radical (unpaired) electrons. The molecule has 106 valence electrons.